The van der Waals surface area contributed by atoms with Crippen LogP contribution in [0.25, 0.3) is 10.2 Å². The Morgan fingerprint density at radius 1 is 1.50 bits per heavy atom. The molecule has 6 nitrogen and oxygen atoms in total. The molecule has 24 heavy (non-hydrogen) atoms. The highest BCUT2D eigenvalue weighted by molar-refractivity contribution is 7.98. The summed E-state index contributed by atoms with van der Waals surface area (Å²) >= 11 is 3.25. The Balaban J connectivity index is 1.57. The Kier molecular flexibility index (Phi) is 5.57. The fraction of sp³-hybridized carbons (Fsp3) is 0.562. The Labute approximate surface area is 148 Å². The number of fused-ring (bicyclic) bond motifs is 3. The molecule has 0 saturated heterocycles. The van der Waals surface area contributed by atoms with Crippen molar-refractivity contribution in [3.8, 4) is 0 Å². The van der Waals surface area contributed by atoms with Gasteiger partial charge in [-0.3, -0.25) is 9.59 Å². The molecule has 1 atom stereocenters. The molecule has 0 bridgehead atoms. The molecular formula is C16H22N4O2S2. The van der Waals surface area contributed by atoms with Gasteiger partial charge in [0.15, 0.2) is 0 Å². The van der Waals surface area contributed by atoms with Crippen LogP contribution < -0.4 is 16.6 Å². The Morgan fingerprint density at radius 3 is 3.12 bits per heavy atom. The molecular weight excluding hydrogens is 344 g/mol. The van der Waals surface area contributed by atoms with Crippen LogP contribution in [0.4, 0.5) is 0 Å². The molecule has 1 aliphatic carbocycles. The van der Waals surface area contributed by atoms with Crippen LogP contribution in [-0.4, -0.2) is 34.2 Å². The summed E-state index contributed by atoms with van der Waals surface area (Å²) in [6, 6.07) is 0.00343. The molecule has 4 N–H and O–H groups in total. The Morgan fingerprint density at radius 2 is 2.33 bits per heavy atom. The average Bonchev–Trinajstić information content (AvgIpc) is 3.11. The number of nitrogens with two attached hydrogens (primary N) is 1. The molecule has 3 rings (SSSR count). The van der Waals surface area contributed by atoms with E-state index < -0.39 is 0 Å². The lowest BCUT2D eigenvalue weighted by atomic mass is 10.2. The van der Waals surface area contributed by atoms with Gasteiger partial charge >= 0.3 is 0 Å². The fourth-order valence-electron chi connectivity index (χ4n) is 2.85. The van der Waals surface area contributed by atoms with E-state index in [0.717, 1.165) is 29.5 Å². The van der Waals surface area contributed by atoms with Crippen molar-refractivity contribution in [2.75, 3.05) is 12.3 Å². The summed E-state index contributed by atoms with van der Waals surface area (Å²) < 4.78 is 0. The smallest absolute Gasteiger partial charge is 0.259 e. The number of aryl methyl sites for hydroxylation is 2. The molecule has 2 aromatic heterocycles. The van der Waals surface area contributed by atoms with E-state index in [2.05, 4.69) is 15.3 Å². The summed E-state index contributed by atoms with van der Waals surface area (Å²) in [5, 5.41) is 3.62. The van der Waals surface area contributed by atoms with E-state index in [0.29, 0.717) is 30.3 Å². The zero-order valence-electron chi connectivity index (χ0n) is 13.7. The van der Waals surface area contributed by atoms with Crippen molar-refractivity contribution in [1.82, 2.24) is 15.3 Å². The quantitative estimate of drug-likeness (QED) is 0.646. The summed E-state index contributed by atoms with van der Waals surface area (Å²) in [5.74, 6) is 1.99. The normalized spacial score (nSPS) is 14.8. The van der Waals surface area contributed by atoms with Crippen LogP contribution in [0.3, 0.4) is 0 Å². The molecule has 1 amide bonds. The third-order valence-corrected chi connectivity index (χ3v) is 6.25. The molecule has 0 saturated carbocycles. The molecule has 1 aliphatic rings. The van der Waals surface area contributed by atoms with Crippen LogP contribution in [0, 0.1) is 0 Å². The van der Waals surface area contributed by atoms with Crippen molar-refractivity contribution in [2.24, 2.45) is 5.73 Å². The van der Waals surface area contributed by atoms with Gasteiger partial charge < -0.3 is 16.0 Å². The highest BCUT2D eigenvalue weighted by Crippen LogP contribution is 2.34. The predicted octanol–water partition coefficient (Wildman–Crippen LogP) is 1.56. The number of carbonyl (C=O) groups excluding carboxylic acids is 1. The summed E-state index contributed by atoms with van der Waals surface area (Å²) in [5.41, 5.74) is 6.66. The number of aromatic amines is 1. The molecule has 2 aromatic rings. The van der Waals surface area contributed by atoms with E-state index in [4.69, 9.17) is 5.73 Å². The molecule has 8 heteroatoms. The molecule has 0 radical (unpaired) electrons. The van der Waals surface area contributed by atoms with Crippen molar-refractivity contribution in [3.05, 3.63) is 26.6 Å². The minimum atomic E-state index is -0.0236. The van der Waals surface area contributed by atoms with Crippen molar-refractivity contribution in [1.29, 1.82) is 0 Å². The van der Waals surface area contributed by atoms with Crippen LogP contribution in [0.1, 0.15) is 36.0 Å². The van der Waals surface area contributed by atoms with Crippen molar-refractivity contribution < 1.29 is 4.79 Å². The molecule has 0 fully saturated rings. The maximum Gasteiger partial charge on any atom is 0.259 e. The van der Waals surface area contributed by atoms with Crippen molar-refractivity contribution >= 4 is 39.2 Å². The number of hydrogen-bond donors (Lipinski definition) is 3. The van der Waals surface area contributed by atoms with Gasteiger partial charge in [-0.15, -0.1) is 11.3 Å². The minimum absolute atomic E-state index is 0.00343. The lowest BCUT2D eigenvalue weighted by Gasteiger charge is -2.10. The summed E-state index contributed by atoms with van der Waals surface area (Å²) in [7, 11) is 0. The first-order valence-corrected chi connectivity index (χ1v) is 10.2. The lowest BCUT2D eigenvalue weighted by molar-refractivity contribution is -0.121. The number of nitrogens with zero attached hydrogens (tertiary/aromatic N) is 1. The number of nitrogens with one attached hydrogen (secondary N) is 2. The van der Waals surface area contributed by atoms with E-state index in [9.17, 15) is 9.59 Å². The number of thiophene rings is 1. The van der Waals surface area contributed by atoms with Crippen LogP contribution in [0.5, 0.6) is 0 Å². The maximum atomic E-state index is 12.3. The number of aromatic nitrogens is 2. The number of amides is 1. The summed E-state index contributed by atoms with van der Waals surface area (Å²) in [4.78, 5) is 33.7. The summed E-state index contributed by atoms with van der Waals surface area (Å²) in [6.07, 6.45) is 3.63. The zero-order valence-corrected chi connectivity index (χ0v) is 15.3. The molecule has 0 aliphatic heterocycles. The van der Waals surface area contributed by atoms with Crippen LogP contribution >= 0.6 is 23.1 Å². The monoisotopic (exact) mass is 366 g/mol. The highest BCUT2D eigenvalue weighted by Gasteiger charge is 2.21. The van der Waals surface area contributed by atoms with Crippen molar-refractivity contribution in [3.63, 3.8) is 0 Å². The van der Waals surface area contributed by atoms with Gasteiger partial charge in [0.05, 0.1) is 11.1 Å². The molecule has 130 valence electrons. The predicted molar refractivity (Wildman–Crippen MR) is 99.7 cm³/mol. The zero-order chi connectivity index (χ0) is 17.1. The van der Waals surface area contributed by atoms with Gasteiger partial charge in [0.25, 0.3) is 5.56 Å². The second-order valence-corrected chi connectivity index (χ2v) is 8.25. The van der Waals surface area contributed by atoms with Gasteiger partial charge in [-0.2, -0.15) is 11.8 Å². The molecule has 0 aromatic carbocycles. The third kappa shape index (κ3) is 3.81. The van der Waals surface area contributed by atoms with Crippen LogP contribution in [0.2, 0.25) is 0 Å². The first-order valence-electron chi connectivity index (χ1n) is 8.19. The van der Waals surface area contributed by atoms with Gasteiger partial charge in [-0.25, -0.2) is 4.98 Å². The maximum absolute atomic E-state index is 12.3. The SMILES string of the molecule is C[C@@H](CN)NC(=O)CCSCc1nc2sc3c(c2c(=O)[nH]1)CCC3. The first kappa shape index (κ1) is 17.4. The van der Waals surface area contributed by atoms with E-state index in [1.807, 2.05) is 6.92 Å². The van der Waals surface area contributed by atoms with Crippen LogP contribution in [0.15, 0.2) is 4.79 Å². The van der Waals surface area contributed by atoms with Gasteiger partial charge in [0.2, 0.25) is 5.91 Å². The second-order valence-electron chi connectivity index (χ2n) is 6.06. The average molecular weight is 367 g/mol. The molecule has 0 spiro atoms. The van der Waals surface area contributed by atoms with Crippen molar-refractivity contribution in [2.45, 2.75) is 44.4 Å². The second kappa shape index (κ2) is 7.67. The molecule has 2 heterocycles. The Bertz CT molecular complexity index is 799. The third-order valence-electron chi connectivity index (χ3n) is 4.10. The largest absolute Gasteiger partial charge is 0.352 e. The highest BCUT2D eigenvalue weighted by atomic mass is 32.2. The summed E-state index contributed by atoms with van der Waals surface area (Å²) in [6.45, 7) is 2.32. The minimum Gasteiger partial charge on any atom is -0.352 e. The van der Waals surface area contributed by atoms with E-state index >= 15 is 0 Å². The van der Waals surface area contributed by atoms with E-state index in [-0.39, 0.29) is 17.5 Å². The fourth-order valence-corrected chi connectivity index (χ4v) is 4.94. The van der Waals surface area contributed by atoms with Crippen LogP contribution in [-0.2, 0) is 23.4 Å². The first-order chi connectivity index (χ1) is 11.6. The van der Waals surface area contributed by atoms with Gasteiger partial charge in [0, 0.05) is 29.6 Å². The molecule has 0 unspecified atom stereocenters. The van der Waals surface area contributed by atoms with Gasteiger partial charge in [0.1, 0.15) is 10.7 Å². The number of H-pyrrole nitrogens is 1. The number of thioether (sulfide) groups is 1. The number of carbonyl (C=O) groups is 1. The van der Waals surface area contributed by atoms with E-state index in [1.54, 1.807) is 23.1 Å². The Hall–Kier alpha value is -1.38. The van der Waals surface area contributed by atoms with E-state index in [1.165, 1.54) is 10.4 Å². The topological polar surface area (TPSA) is 101 Å². The van der Waals surface area contributed by atoms with Gasteiger partial charge in [-0.1, -0.05) is 0 Å². The number of hydrogen-bond acceptors (Lipinski definition) is 6. The lowest BCUT2D eigenvalue weighted by Crippen LogP contribution is -2.37. The van der Waals surface area contributed by atoms with Gasteiger partial charge in [-0.05, 0) is 31.7 Å². The standard InChI is InChI=1S/C16H22N4O2S2/c1-9(7-17)18-13(21)5-6-23-8-12-19-15(22)14-10-3-2-4-11(10)24-16(14)20-12/h9H,2-8,17H2,1H3,(H,18,21)(H,19,20,22)/t9-/m0/s1. The number of rotatable bonds is 7.